The van der Waals surface area contributed by atoms with Gasteiger partial charge in [-0.2, -0.15) is 10.4 Å². The molecule has 1 aliphatic heterocycles. The fourth-order valence-electron chi connectivity index (χ4n) is 3.77. The molecule has 166 valence electrons. The number of aryl methyl sites for hydroxylation is 3. The highest BCUT2D eigenvalue weighted by Crippen LogP contribution is 2.34. The van der Waals surface area contributed by atoms with Gasteiger partial charge in [0.25, 0.3) is 0 Å². The summed E-state index contributed by atoms with van der Waals surface area (Å²) in [6.07, 6.45) is 3.62. The van der Waals surface area contributed by atoms with Gasteiger partial charge in [0, 0.05) is 35.3 Å². The van der Waals surface area contributed by atoms with E-state index in [1.807, 2.05) is 57.3 Å². The fraction of sp³-hybridized carbons (Fsp3) is 0.292. The molecule has 9 heteroatoms. The van der Waals surface area contributed by atoms with Gasteiger partial charge >= 0.3 is 0 Å². The number of nitrogens with one attached hydrogen (secondary N) is 1. The summed E-state index contributed by atoms with van der Waals surface area (Å²) in [5.74, 6) is 2.73. The SMILES string of the molecule is Cc1cc(-c2ccn3nc(Nc4cc(C)nc(C)n4)cc3c2)c(OCC2(C#N)COC2)cn1. The van der Waals surface area contributed by atoms with E-state index in [9.17, 15) is 5.26 Å². The molecule has 0 saturated carbocycles. The van der Waals surface area contributed by atoms with Crippen LogP contribution in [-0.4, -0.2) is 44.4 Å². The van der Waals surface area contributed by atoms with Gasteiger partial charge in [-0.1, -0.05) is 0 Å². The third-order valence-electron chi connectivity index (χ3n) is 5.50. The van der Waals surface area contributed by atoms with E-state index >= 15 is 0 Å². The first-order valence-electron chi connectivity index (χ1n) is 10.6. The van der Waals surface area contributed by atoms with Gasteiger partial charge in [0.15, 0.2) is 5.82 Å². The number of hydrogen-bond acceptors (Lipinski definition) is 8. The molecule has 0 bridgehead atoms. The number of hydrogen-bond donors (Lipinski definition) is 1. The van der Waals surface area contributed by atoms with Crippen molar-refractivity contribution in [1.29, 1.82) is 5.26 Å². The number of anilines is 2. The summed E-state index contributed by atoms with van der Waals surface area (Å²) >= 11 is 0. The maximum absolute atomic E-state index is 9.45. The molecule has 9 nitrogen and oxygen atoms in total. The predicted octanol–water partition coefficient (Wildman–Crippen LogP) is 3.77. The van der Waals surface area contributed by atoms with E-state index in [4.69, 9.17) is 9.47 Å². The molecule has 0 aliphatic carbocycles. The molecular formula is C24H23N7O2. The molecule has 0 unspecified atom stereocenters. The van der Waals surface area contributed by atoms with E-state index in [0.717, 1.165) is 28.0 Å². The second kappa shape index (κ2) is 8.15. The van der Waals surface area contributed by atoms with Crippen molar-refractivity contribution >= 4 is 17.2 Å². The Morgan fingerprint density at radius 3 is 2.70 bits per heavy atom. The first kappa shape index (κ1) is 20.8. The first-order chi connectivity index (χ1) is 15.9. The fourth-order valence-corrected chi connectivity index (χ4v) is 3.77. The lowest BCUT2D eigenvalue weighted by molar-refractivity contribution is -0.0962. The Labute approximate surface area is 191 Å². The second-order valence-corrected chi connectivity index (χ2v) is 8.38. The molecule has 1 fully saturated rings. The lowest BCUT2D eigenvalue weighted by Gasteiger charge is -2.34. The number of aromatic nitrogens is 5. The Kier molecular flexibility index (Phi) is 5.15. The molecule has 4 aromatic rings. The van der Waals surface area contributed by atoms with E-state index in [-0.39, 0.29) is 6.61 Å². The summed E-state index contributed by atoms with van der Waals surface area (Å²) in [4.78, 5) is 13.1. The number of ether oxygens (including phenoxy) is 2. The van der Waals surface area contributed by atoms with Gasteiger partial charge in [-0.3, -0.25) is 4.98 Å². The zero-order valence-corrected chi connectivity index (χ0v) is 18.7. The topological polar surface area (TPSA) is 110 Å². The Hall–Kier alpha value is -4.03. The van der Waals surface area contributed by atoms with Crippen molar-refractivity contribution in [3.05, 3.63) is 59.9 Å². The van der Waals surface area contributed by atoms with Gasteiger partial charge in [-0.25, -0.2) is 14.5 Å². The minimum Gasteiger partial charge on any atom is -0.489 e. The highest BCUT2D eigenvalue weighted by atomic mass is 16.5. The van der Waals surface area contributed by atoms with E-state index < -0.39 is 5.41 Å². The number of fused-ring (bicyclic) bond motifs is 1. The van der Waals surface area contributed by atoms with Gasteiger partial charge in [-0.15, -0.1) is 0 Å². The lowest BCUT2D eigenvalue weighted by Crippen LogP contribution is -2.45. The lowest BCUT2D eigenvalue weighted by atomic mass is 9.89. The van der Waals surface area contributed by atoms with Gasteiger partial charge in [-0.05, 0) is 44.5 Å². The van der Waals surface area contributed by atoms with Crippen LogP contribution in [0.2, 0.25) is 0 Å². The zero-order chi connectivity index (χ0) is 23.0. The van der Waals surface area contributed by atoms with E-state index in [0.29, 0.717) is 36.4 Å². The second-order valence-electron chi connectivity index (χ2n) is 8.38. The standard InChI is InChI=1S/C24H23N7O2/c1-15-6-20(21(10-26-15)33-14-24(11-25)12-32-13-24)18-4-5-31-19(8-18)9-23(30-31)29-22-7-16(2)27-17(3)28-22/h4-10H,12-14H2,1-3H3,(H,27,28,29,30). The van der Waals surface area contributed by atoms with Crippen LogP contribution in [0.1, 0.15) is 17.2 Å². The number of pyridine rings is 2. The number of nitriles is 1. The third-order valence-corrected chi connectivity index (χ3v) is 5.50. The normalized spacial score (nSPS) is 14.5. The van der Waals surface area contributed by atoms with Crippen molar-refractivity contribution in [2.24, 2.45) is 5.41 Å². The molecule has 4 aromatic heterocycles. The van der Waals surface area contributed by atoms with Gasteiger partial charge < -0.3 is 14.8 Å². The monoisotopic (exact) mass is 441 g/mol. The molecule has 5 heterocycles. The highest BCUT2D eigenvalue weighted by molar-refractivity contribution is 5.75. The summed E-state index contributed by atoms with van der Waals surface area (Å²) < 4.78 is 13.1. The zero-order valence-electron chi connectivity index (χ0n) is 18.7. The van der Waals surface area contributed by atoms with Crippen LogP contribution in [-0.2, 0) is 4.74 Å². The van der Waals surface area contributed by atoms with Crippen LogP contribution >= 0.6 is 0 Å². The van der Waals surface area contributed by atoms with Crippen LogP contribution in [0, 0.1) is 37.5 Å². The average Bonchev–Trinajstić information content (AvgIpc) is 3.14. The average molecular weight is 441 g/mol. The summed E-state index contributed by atoms with van der Waals surface area (Å²) in [5.41, 5.74) is 3.98. The number of rotatable bonds is 6. The molecule has 1 N–H and O–H groups in total. The third kappa shape index (κ3) is 4.21. The van der Waals surface area contributed by atoms with Gasteiger partial charge in [0.05, 0.1) is 31.0 Å². The summed E-state index contributed by atoms with van der Waals surface area (Å²) in [5, 5.41) is 17.3. The molecule has 1 saturated heterocycles. The van der Waals surface area contributed by atoms with Crippen molar-refractivity contribution in [3.8, 4) is 22.9 Å². The summed E-state index contributed by atoms with van der Waals surface area (Å²) in [6, 6.07) is 12.2. The van der Waals surface area contributed by atoms with Crippen LogP contribution in [0.4, 0.5) is 11.6 Å². The van der Waals surface area contributed by atoms with E-state index in [1.165, 1.54) is 0 Å². The molecular weight excluding hydrogens is 418 g/mol. The van der Waals surface area contributed by atoms with Crippen LogP contribution in [0.25, 0.3) is 16.6 Å². The molecule has 0 atom stereocenters. The molecule has 0 amide bonds. The van der Waals surface area contributed by atoms with Crippen LogP contribution in [0.5, 0.6) is 5.75 Å². The molecule has 0 radical (unpaired) electrons. The maximum atomic E-state index is 9.45. The molecule has 0 spiro atoms. The van der Waals surface area contributed by atoms with Crippen molar-refractivity contribution < 1.29 is 9.47 Å². The van der Waals surface area contributed by atoms with Crippen molar-refractivity contribution in [2.45, 2.75) is 20.8 Å². The first-order valence-corrected chi connectivity index (χ1v) is 10.6. The van der Waals surface area contributed by atoms with Gasteiger partial charge in [0.2, 0.25) is 0 Å². The Bertz CT molecular complexity index is 1370. The Balaban J connectivity index is 1.44. The Morgan fingerprint density at radius 1 is 1.12 bits per heavy atom. The van der Waals surface area contributed by atoms with Crippen molar-refractivity contribution in [2.75, 3.05) is 25.1 Å². The largest absolute Gasteiger partial charge is 0.489 e. The smallest absolute Gasteiger partial charge is 0.154 e. The van der Waals surface area contributed by atoms with E-state index in [1.54, 1.807) is 10.7 Å². The Morgan fingerprint density at radius 2 is 1.97 bits per heavy atom. The minimum atomic E-state index is -0.587. The maximum Gasteiger partial charge on any atom is 0.154 e. The van der Waals surface area contributed by atoms with Crippen molar-refractivity contribution in [3.63, 3.8) is 0 Å². The molecule has 5 rings (SSSR count). The highest BCUT2D eigenvalue weighted by Gasteiger charge is 2.40. The van der Waals surface area contributed by atoms with Crippen molar-refractivity contribution in [1.82, 2.24) is 24.6 Å². The van der Waals surface area contributed by atoms with Crippen LogP contribution in [0.3, 0.4) is 0 Å². The molecule has 33 heavy (non-hydrogen) atoms. The minimum absolute atomic E-state index is 0.266. The van der Waals surface area contributed by atoms with E-state index in [2.05, 4.69) is 31.4 Å². The molecule has 1 aliphatic rings. The van der Waals surface area contributed by atoms with Gasteiger partial charge in [0.1, 0.15) is 29.4 Å². The summed E-state index contributed by atoms with van der Waals surface area (Å²) in [6.45, 7) is 6.78. The van der Waals surface area contributed by atoms with Crippen LogP contribution < -0.4 is 10.1 Å². The molecule has 0 aromatic carbocycles. The summed E-state index contributed by atoms with van der Waals surface area (Å²) in [7, 11) is 0. The number of nitrogens with zero attached hydrogens (tertiary/aromatic N) is 6. The van der Waals surface area contributed by atoms with Crippen LogP contribution in [0.15, 0.2) is 42.7 Å². The predicted molar refractivity (Wildman–Crippen MR) is 122 cm³/mol. The quantitative estimate of drug-likeness (QED) is 0.481.